The summed E-state index contributed by atoms with van der Waals surface area (Å²) in [5.41, 5.74) is 0. The second-order valence-corrected chi connectivity index (χ2v) is 4.79. The predicted octanol–water partition coefficient (Wildman–Crippen LogP) is -3.75. The molecule has 102 valence electrons. The molecule has 0 bridgehead atoms. The van der Waals surface area contributed by atoms with Gasteiger partial charge in [-0.1, -0.05) is 12.1 Å². The first-order chi connectivity index (χ1) is 8.34. The topological polar surface area (TPSA) is 7.76 Å². The summed E-state index contributed by atoms with van der Waals surface area (Å²) >= 11 is 3.60. The van der Waals surface area contributed by atoms with Gasteiger partial charge in [-0.25, -0.2) is 9.13 Å². The quantitative estimate of drug-likeness (QED) is 0.494. The van der Waals surface area contributed by atoms with Crippen LogP contribution in [0.4, 0.5) is 0 Å². The fourth-order valence-electron chi connectivity index (χ4n) is 1.54. The molecule has 0 aliphatic rings. The lowest BCUT2D eigenvalue weighted by Gasteiger charge is -1.95. The van der Waals surface area contributed by atoms with Crippen LogP contribution in [-0.2, 0) is 13.1 Å². The summed E-state index contributed by atoms with van der Waals surface area (Å²) in [6, 6.07) is 12.2. The lowest BCUT2D eigenvalue weighted by atomic mass is 10.4. The molecule has 0 unspecified atom stereocenters. The normalized spacial score (nSPS) is 10.3. The van der Waals surface area contributed by atoms with E-state index in [1.165, 1.54) is 4.48 Å². The van der Waals surface area contributed by atoms with Crippen LogP contribution in [0.1, 0.15) is 0 Å². The largest absolute Gasteiger partial charge is 1.00 e. The highest BCUT2D eigenvalue weighted by atomic mass is 79.9. The van der Waals surface area contributed by atoms with Crippen molar-refractivity contribution in [2.24, 2.45) is 0 Å². The van der Waals surface area contributed by atoms with Gasteiger partial charge >= 0.3 is 0 Å². The van der Waals surface area contributed by atoms with Crippen LogP contribution in [0.25, 0.3) is 0 Å². The van der Waals surface area contributed by atoms with E-state index < -0.39 is 0 Å². The van der Waals surface area contributed by atoms with Crippen LogP contribution >= 0.6 is 15.9 Å². The van der Waals surface area contributed by atoms with Crippen molar-refractivity contribution in [2.75, 3.05) is 0 Å². The van der Waals surface area contributed by atoms with E-state index in [2.05, 4.69) is 55.9 Å². The van der Waals surface area contributed by atoms with Crippen LogP contribution in [0, 0.1) is 0 Å². The van der Waals surface area contributed by atoms with Gasteiger partial charge < -0.3 is 24.8 Å². The van der Waals surface area contributed by atoms with Crippen LogP contribution in [-0.4, -0.2) is 0 Å². The third-order valence-corrected chi connectivity index (χ3v) is 2.99. The molecule has 2 heterocycles. The Bertz CT molecular complexity index is 489. The first kappa shape index (κ1) is 18.1. The molecule has 0 N–H and O–H groups in total. The molecule has 0 aromatic carbocycles. The maximum atomic E-state index is 3.60. The predicted molar refractivity (Wildman–Crippen MR) is 70.3 cm³/mol. The molecule has 0 fully saturated rings. The zero-order valence-electron chi connectivity index (χ0n) is 10.3. The molecule has 0 spiro atoms. The van der Waals surface area contributed by atoms with E-state index in [0.717, 1.165) is 13.1 Å². The second-order valence-electron chi connectivity index (χ2n) is 3.77. The molecule has 0 atom stereocenters. The molecule has 19 heavy (non-hydrogen) atoms. The fourth-order valence-corrected chi connectivity index (χ4v) is 1.97. The Hall–Kier alpha value is -0.900. The highest BCUT2D eigenvalue weighted by molar-refractivity contribution is 9.11. The molecular weight excluding hydrogens is 347 g/mol. The third kappa shape index (κ3) is 6.71. The van der Waals surface area contributed by atoms with Crippen LogP contribution in [0.2, 0.25) is 0 Å². The Kier molecular flexibility index (Phi) is 9.48. The number of hydrogen-bond donors (Lipinski definition) is 0. The molecule has 0 saturated carbocycles. The summed E-state index contributed by atoms with van der Waals surface area (Å²) in [6.07, 6.45) is 10.4. The Balaban J connectivity index is 0.00000162. The van der Waals surface area contributed by atoms with Gasteiger partial charge in [-0.05, 0) is 22.0 Å². The highest BCUT2D eigenvalue weighted by Crippen LogP contribution is 2.03. The maximum absolute atomic E-state index is 3.60. The minimum absolute atomic E-state index is 0. The summed E-state index contributed by atoms with van der Waals surface area (Å²) in [5, 5.41) is 0. The number of hydrogen-bond acceptors (Lipinski definition) is 0. The molecule has 0 saturated heterocycles. The van der Waals surface area contributed by atoms with E-state index in [9.17, 15) is 0 Å². The Morgan fingerprint density at radius 3 is 1.79 bits per heavy atom. The number of halogens is 3. The Morgan fingerprint density at radius 2 is 1.26 bits per heavy atom. The minimum Gasteiger partial charge on any atom is -1.00 e. The van der Waals surface area contributed by atoms with E-state index in [4.69, 9.17) is 0 Å². The van der Waals surface area contributed by atoms with Crippen molar-refractivity contribution in [1.29, 1.82) is 0 Å². The highest BCUT2D eigenvalue weighted by Gasteiger charge is 2.02. The average Bonchev–Trinajstić information content (AvgIpc) is 2.39. The number of nitrogens with zero attached hydrogens (tertiary/aromatic N) is 2. The smallest absolute Gasteiger partial charge is 0.180 e. The molecule has 2 aromatic rings. The van der Waals surface area contributed by atoms with Crippen LogP contribution in [0.3, 0.4) is 0 Å². The van der Waals surface area contributed by atoms with E-state index in [0.29, 0.717) is 0 Å². The van der Waals surface area contributed by atoms with E-state index in [-0.39, 0.29) is 24.8 Å². The SMILES string of the molecule is Br/C(=C\C[n+]1ccccc1)C[n+]1ccccc1.[Cl-].[Cl-]. The van der Waals surface area contributed by atoms with Crippen molar-refractivity contribution in [3.8, 4) is 0 Å². The molecule has 0 radical (unpaired) electrons. The van der Waals surface area contributed by atoms with Crippen LogP contribution < -0.4 is 33.9 Å². The number of pyridine rings is 2. The van der Waals surface area contributed by atoms with E-state index in [1.54, 1.807) is 0 Å². The minimum atomic E-state index is 0. The van der Waals surface area contributed by atoms with Crippen molar-refractivity contribution in [2.45, 2.75) is 13.1 Å². The molecule has 0 aliphatic carbocycles. The van der Waals surface area contributed by atoms with Gasteiger partial charge in [0.25, 0.3) is 0 Å². The number of rotatable bonds is 4. The first-order valence-corrected chi connectivity index (χ1v) is 6.36. The zero-order valence-corrected chi connectivity index (χ0v) is 13.4. The van der Waals surface area contributed by atoms with Crippen molar-refractivity contribution in [3.63, 3.8) is 0 Å². The molecule has 5 heteroatoms. The summed E-state index contributed by atoms with van der Waals surface area (Å²) in [5.74, 6) is 0. The Labute approximate surface area is 134 Å². The molecule has 2 nitrogen and oxygen atoms in total. The number of allylic oxidation sites excluding steroid dienone is 2. The molecular formula is C14H15BrCl2N2. The van der Waals surface area contributed by atoms with Gasteiger partial charge in [0.2, 0.25) is 0 Å². The standard InChI is InChI=1S/C14H15BrN2.2ClH/c15-14(13-17-10-5-2-6-11-17)7-12-16-8-3-1-4-9-16;;/h1-11H,12-13H2;2*1H/q+2;;/p-2/b14-7-;;. The van der Waals surface area contributed by atoms with Crippen LogP contribution in [0.5, 0.6) is 0 Å². The van der Waals surface area contributed by atoms with Gasteiger partial charge in [0.05, 0.1) is 4.48 Å². The van der Waals surface area contributed by atoms with Gasteiger partial charge in [-0.3, -0.25) is 0 Å². The molecule has 2 rings (SSSR count). The van der Waals surface area contributed by atoms with Crippen molar-refractivity contribution >= 4 is 15.9 Å². The lowest BCUT2D eigenvalue weighted by molar-refractivity contribution is -0.691. The lowest BCUT2D eigenvalue weighted by Crippen LogP contribution is -3.00. The summed E-state index contributed by atoms with van der Waals surface area (Å²) < 4.78 is 5.46. The third-order valence-electron chi connectivity index (χ3n) is 2.41. The van der Waals surface area contributed by atoms with Gasteiger partial charge in [0.1, 0.15) is 0 Å². The van der Waals surface area contributed by atoms with Crippen LogP contribution in [0.15, 0.2) is 71.7 Å². The zero-order chi connectivity index (χ0) is 11.9. The van der Waals surface area contributed by atoms with Crippen molar-refractivity contribution in [1.82, 2.24) is 0 Å². The number of aromatic nitrogens is 2. The summed E-state index contributed by atoms with van der Waals surface area (Å²) in [7, 11) is 0. The van der Waals surface area contributed by atoms with Crippen molar-refractivity contribution < 1.29 is 33.9 Å². The molecule has 2 aromatic heterocycles. The summed E-state index contributed by atoms with van der Waals surface area (Å²) in [4.78, 5) is 0. The van der Waals surface area contributed by atoms with Gasteiger partial charge in [0, 0.05) is 24.3 Å². The Morgan fingerprint density at radius 1 is 0.789 bits per heavy atom. The van der Waals surface area contributed by atoms with E-state index >= 15 is 0 Å². The summed E-state index contributed by atoms with van der Waals surface area (Å²) in [6.45, 7) is 1.75. The van der Waals surface area contributed by atoms with Gasteiger partial charge in [-0.2, -0.15) is 0 Å². The first-order valence-electron chi connectivity index (χ1n) is 5.57. The average molecular weight is 362 g/mol. The van der Waals surface area contributed by atoms with Gasteiger partial charge in [-0.15, -0.1) is 0 Å². The maximum Gasteiger partial charge on any atom is 0.180 e. The molecule has 0 amide bonds. The fraction of sp³-hybridized carbons (Fsp3) is 0.143. The monoisotopic (exact) mass is 360 g/mol. The second kappa shape index (κ2) is 9.96. The molecule has 0 aliphatic heterocycles. The van der Waals surface area contributed by atoms with Gasteiger partial charge in [0.15, 0.2) is 37.9 Å². The van der Waals surface area contributed by atoms with Crippen molar-refractivity contribution in [3.05, 3.63) is 71.7 Å². The van der Waals surface area contributed by atoms with E-state index in [1.807, 2.05) is 36.4 Å².